The van der Waals surface area contributed by atoms with E-state index in [0.717, 1.165) is 19.7 Å². The molecule has 2 atom stereocenters. The molecule has 2 amide bonds. The lowest BCUT2D eigenvalue weighted by Crippen LogP contribution is -2.33. The van der Waals surface area contributed by atoms with Gasteiger partial charge in [0.25, 0.3) is 22.5 Å². The Hall–Kier alpha value is -3.20. The summed E-state index contributed by atoms with van der Waals surface area (Å²) in [5, 5.41) is 0. The van der Waals surface area contributed by atoms with Gasteiger partial charge in [-0.3, -0.25) is 8.37 Å². The first-order valence-corrected chi connectivity index (χ1v) is 15.0. The fraction of sp³-hybridized carbons (Fsp3) is 0.481. The molecule has 224 valence electrons. The van der Waals surface area contributed by atoms with Crippen LogP contribution in [0.3, 0.4) is 0 Å². The zero-order chi connectivity index (χ0) is 29.9. The van der Waals surface area contributed by atoms with Crippen molar-refractivity contribution in [3.05, 3.63) is 47.5 Å². The fourth-order valence-corrected chi connectivity index (χ4v) is 5.41. The van der Waals surface area contributed by atoms with Gasteiger partial charge in [-0.15, -0.1) is 0 Å². The minimum Gasteiger partial charge on any atom is -0.483 e. The highest BCUT2D eigenvalue weighted by Crippen LogP contribution is 2.43. The van der Waals surface area contributed by atoms with E-state index in [4.69, 9.17) is 27.3 Å². The van der Waals surface area contributed by atoms with Gasteiger partial charge in [0.15, 0.2) is 23.0 Å². The Labute approximate surface area is 244 Å². The number of para-hydroxylation sites is 2. The highest BCUT2D eigenvalue weighted by molar-refractivity contribution is 7.78. The molecule has 0 saturated carbocycles. The second kappa shape index (κ2) is 12.3. The fourth-order valence-electron chi connectivity index (χ4n) is 4.25. The monoisotopic (exact) mass is 610 g/mol. The maximum atomic E-state index is 12.5. The standard InChI is InChI=1S/C27H34N2O10S2/c1-26(2)16-18-10-7-12-20(22(18)38-26)36-24(30)28(5)40(32)34-14-9-15-35-41(33)29(6)25(31)37-21-13-8-11-19-17-27(3,4)39-23(19)21/h7-8,10-13H,9,14-17H2,1-6H3. The molecule has 2 aliphatic heterocycles. The first-order valence-electron chi connectivity index (χ1n) is 12.9. The normalized spacial score (nSPS) is 17.3. The van der Waals surface area contributed by atoms with Crippen molar-refractivity contribution in [2.75, 3.05) is 27.3 Å². The molecule has 0 aromatic heterocycles. The van der Waals surface area contributed by atoms with Crippen molar-refractivity contribution in [2.24, 2.45) is 0 Å². The summed E-state index contributed by atoms with van der Waals surface area (Å²) >= 11 is -4.30. The quantitative estimate of drug-likeness (QED) is 0.360. The Bertz CT molecular complexity index is 1260. The van der Waals surface area contributed by atoms with Crippen LogP contribution in [0, 0.1) is 0 Å². The van der Waals surface area contributed by atoms with Crippen LogP contribution in [0.4, 0.5) is 9.59 Å². The summed E-state index contributed by atoms with van der Waals surface area (Å²) < 4.78 is 59.3. The van der Waals surface area contributed by atoms with Crippen molar-refractivity contribution in [3.8, 4) is 23.0 Å². The van der Waals surface area contributed by atoms with E-state index in [9.17, 15) is 18.0 Å². The summed E-state index contributed by atoms with van der Waals surface area (Å²) in [7, 11) is 2.54. The van der Waals surface area contributed by atoms with Gasteiger partial charge in [0.05, 0.1) is 13.2 Å². The highest BCUT2D eigenvalue weighted by atomic mass is 32.2. The minimum atomic E-state index is -2.15. The molecule has 2 unspecified atom stereocenters. The van der Waals surface area contributed by atoms with Crippen LogP contribution >= 0.6 is 0 Å². The molecule has 2 aliphatic rings. The summed E-state index contributed by atoms with van der Waals surface area (Å²) in [6, 6.07) is 10.5. The van der Waals surface area contributed by atoms with Gasteiger partial charge in [0.1, 0.15) is 11.2 Å². The number of nitrogens with zero attached hydrogens (tertiary/aromatic N) is 2. The van der Waals surface area contributed by atoms with Gasteiger partial charge in [-0.25, -0.2) is 26.6 Å². The molecule has 2 heterocycles. The number of hydrogen-bond acceptors (Lipinski definition) is 10. The number of amides is 2. The van der Waals surface area contributed by atoms with Crippen molar-refractivity contribution in [2.45, 2.75) is 58.2 Å². The third-order valence-electron chi connectivity index (χ3n) is 6.12. The van der Waals surface area contributed by atoms with Crippen molar-refractivity contribution in [1.29, 1.82) is 0 Å². The zero-order valence-corrected chi connectivity index (χ0v) is 25.4. The molecule has 0 aliphatic carbocycles. The van der Waals surface area contributed by atoms with Gasteiger partial charge >= 0.3 is 12.2 Å². The number of fused-ring (bicyclic) bond motifs is 2. The molecule has 2 aromatic rings. The van der Waals surface area contributed by atoms with Gasteiger partial charge in [0, 0.05) is 38.1 Å². The van der Waals surface area contributed by atoms with Gasteiger partial charge in [0.2, 0.25) is 0 Å². The summed E-state index contributed by atoms with van der Waals surface area (Å²) in [6.45, 7) is 7.56. The van der Waals surface area contributed by atoms with Gasteiger partial charge in [-0.1, -0.05) is 24.3 Å². The summed E-state index contributed by atoms with van der Waals surface area (Å²) in [4.78, 5) is 25.0. The number of rotatable bonds is 10. The largest absolute Gasteiger partial charge is 0.483 e. The van der Waals surface area contributed by atoms with E-state index in [2.05, 4.69) is 0 Å². The Kier molecular flexibility index (Phi) is 9.26. The molecule has 0 fully saturated rings. The van der Waals surface area contributed by atoms with Crippen LogP contribution in [0.1, 0.15) is 45.2 Å². The molecule has 12 nitrogen and oxygen atoms in total. The molecule has 0 radical (unpaired) electrons. The lowest BCUT2D eigenvalue weighted by molar-refractivity contribution is 0.131. The van der Waals surface area contributed by atoms with Gasteiger partial charge < -0.3 is 18.9 Å². The van der Waals surface area contributed by atoms with E-state index in [-0.39, 0.29) is 31.1 Å². The molecule has 0 spiro atoms. The number of carbonyl (C=O) groups is 2. The average Bonchev–Trinajstić information content (AvgIpc) is 3.41. The highest BCUT2D eigenvalue weighted by Gasteiger charge is 2.34. The SMILES string of the molecule is CN(C(=O)Oc1cccc2c1OC(C)(C)C2)S(=O)OCCCOS(=O)N(C)C(=O)Oc1cccc2c1OC(C)(C)C2. The molecule has 2 aromatic carbocycles. The van der Waals surface area contributed by atoms with Crippen LogP contribution in [-0.4, -0.2) is 67.7 Å². The van der Waals surface area contributed by atoms with E-state index < -0.39 is 45.9 Å². The second-order valence-corrected chi connectivity index (χ2v) is 13.2. The molecule has 4 rings (SSSR count). The van der Waals surface area contributed by atoms with Gasteiger partial charge in [-0.2, -0.15) is 0 Å². The van der Waals surface area contributed by atoms with E-state index in [1.807, 2.05) is 39.8 Å². The minimum absolute atomic E-state index is 0.0864. The topological polar surface area (TPSA) is 130 Å². The first kappa shape index (κ1) is 30.8. The van der Waals surface area contributed by atoms with Crippen molar-refractivity contribution >= 4 is 34.7 Å². The Morgan fingerprint density at radius 3 is 1.54 bits per heavy atom. The molecule has 0 bridgehead atoms. The first-order chi connectivity index (χ1) is 19.3. The lowest BCUT2D eigenvalue weighted by Gasteiger charge is -2.19. The van der Waals surface area contributed by atoms with Crippen molar-refractivity contribution < 1.29 is 45.3 Å². The van der Waals surface area contributed by atoms with Crippen LogP contribution in [0.15, 0.2) is 36.4 Å². The van der Waals surface area contributed by atoms with Crippen molar-refractivity contribution in [3.63, 3.8) is 0 Å². The number of ether oxygens (including phenoxy) is 4. The maximum absolute atomic E-state index is 12.5. The summed E-state index contributed by atoms with van der Waals surface area (Å²) in [5.41, 5.74) is 0.992. The van der Waals surface area contributed by atoms with E-state index in [1.165, 1.54) is 14.1 Å². The molecule has 0 saturated heterocycles. The molecule has 14 heteroatoms. The molecule has 0 N–H and O–H groups in total. The van der Waals surface area contributed by atoms with E-state index in [1.54, 1.807) is 24.3 Å². The van der Waals surface area contributed by atoms with Crippen LogP contribution in [0.25, 0.3) is 0 Å². The van der Waals surface area contributed by atoms with E-state index in [0.29, 0.717) is 24.3 Å². The van der Waals surface area contributed by atoms with Crippen LogP contribution < -0.4 is 18.9 Å². The Morgan fingerprint density at radius 2 is 1.15 bits per heavy atom. The smallest absolute Gasteiger partial charge is 0.428 e. The third-order valence-corrected chi connectivity index (χ3v) is 8.05. The van der Waals surface area contributed by atoms with Crippen molar-refractivity contribution in [1.82, 2.24) is 8.61 Å². The number of carbonyl (C=O) groups excluding carboxylic acids is 2. The Morgan fingerprint density at radius 1 is 0.756 bits per heavy atom. The predicted octanol–water partition coefficient (Wildman–Crippen LogP) is 4.26. The average molecular weight is 611 g/mol. The lowest BCUT2D eigenvalue weighted by atomic mass is 10.0. The molecular formula is C27H34N2O10S2. The predicted molar refractivity (Wildman–Crippen MR) is 150 cm³/mol. The van der Waals surface area contributed by atoms with Crippen LogP contribution in [-0.2, 0) is 43.7 Å². The second-order valence-electron chi connectivity index (χ2n) is 10.7. The molecular weight excluding hydrogens is 576 g/mol. The zero-order valence-electron chi connectivity index (χ0n) is 23.8. The van der Waals surface area contributed by atoms with Crippen LogP contribution in [0.5, 0.6) is 23.0 Å². The van der Waals surface area contributed by atoms with Gasteiger partial charge in [-0.05, 0) is 46.2 Å². The Balaban J connectivity index is 1.17. The molecule has 41 heavy (non-hydrogen) atoms. The van der Waals surface area contributed by atoms with E-state index >= 15 is 0 Å². The third kappa shape index (κ3) is 7.56. The van der Waals surface area contributed by atoms with Crippen LogP contribution in [0.2, 0.25) is 0 Å². The maximum Gasteiger partial charge on any atom is 0.428 e. The number of benzene rings is 2. The summed E-state index contributed by atoms with van der Waals surface area (Å²) in [6.07, 6.45) is -0.260. The number of hydrogen-bond donors (Lipinski definition) is 0. The summed E-state index contributed by atoms with van der Waals surface area (Å²) in [5.74, 6) is 1.42.